The van der Waals surface area contributed by atoms with Crippen LogP contribution in [0.3, 0.4) is 0 Å². The molecule has 3 aliphatic rings. The normalized spacial score (nSPS) is 34.5. The first-order valence-corrected chi connectivity index (χ1v) is 9.33. The third kappa shape index (κ3) is 2.83. The number of carbonyl (C=O) groups excluding carboxylic acids is 2. The van der Waals surface area contributed by atoms with Gasteiger partial charge in [0, 0.05) is 17.6 Å². The van der Waals surface area contributed by atoms with Crippen LogP contribution < -0.4 is 5.32 Å². The molecule has 0 bridgehead atoms. The number of hydrogen-bond donors (Lipinski definition) is 1. The third-order valence-electron chi connectivity index (χ3n) is 6.08. The van der Waals surface area contributed by atoms with E-state index in [0.717, 1.165) is 32.1 Å². The predicted molar refractivity (Wildman–Crippen MR) is 92.5 cm³/mol. The quantitative estimate of drug-likeness (QED) is 0.928. The molecule has 4 heteroatoms. The van der Waals surface area contributed by atoms with E-state index >= 15 is 0 Å². The number of fused-ring (bicyclic) bond motifs is 1. The average Bonchev–Trinajstić information content (AvgIpc) is 3.16. The average molecular weight is 326 g/mol. The van der Waals surface area contributed by atoms with Gasteiger partial charge in [-0.1, -0.05) is 38.0 Å². The molecule has 5 unspecified atom stereocenters. The van der Waals surface area contributed by atoms with Crippen molar-refractivity contribution < 1.29 is 9.59 Å². The van der Waals surface area contributed by atoms with Crippen molar-refractivity contribution in [3.05, 3.63) is 35.9 Å². The van der Waals surface area contributed by atoms with Crippen LogP contribution in [-0.4, -0.2) is 34.8 Å². The highest BCUT2D eigenvalue weighted by atomic mass is 16.2. The van der Waals surface area contributed by atoms with Gasteiger partial charge in [-0.3, -0.25) is 9.59 Å². The SMILES string of the molecule is CC1CC1NC(=O)C1CC2CCCCC2N1C(=O)c1ccccc1. The first kappa shape index (κ1) is 15.7. The van der Waals surface area contributed by atoms with E-state index in [1.807, 2.05) is 35.2 Å². The molecule has 0 aromatic heterocycles. The van der Waals surface area contributed by atoms with Crippen molar-refractivity contribution in [3.8, 4) is 0 Å². The van der Waals surface area contributed by atoms with Crippen molar-refractivity contribution in [2.24, 2.45) is 11.8 Å². The summed E-state index contributed by atoms with van der Waals surface area (Å²) in [6.45, 7) is 2.16. The maximum Gasteiger partial charge on any atom is 0.254 e. The molecular formula is C20H26N2O2. The van der Waals surface area contributed by atoms with E-state index in [-0.39, 0.29) is 23.9 Å². The van der Waals surface area contributed by atoms with Crippen molar-refractivity contribution in [1.82, 2.24) is 10.2 Å². The Morgan fingerprint density at radius 3 is 2.50 bits per heavy atom. The molecule has 4 nitrogen and oxygen atoms in total. The Kier molecular flexibility index (Phi) is 4.07. The Morgan fingerprint density at radius 2 is 1.79 bits per heavy atom. The number of rotatable bonds is 3. The summed E-state index contributed by atoms with van der Waals surface area (Å²) < 4.78 is 0. The van der Waals surface area contributed by atoms with Crippen LogP contribution in [0.5, 0.6) is 0 Å². The van der Waals surface area contributed by atoms with E-state index in [9.17, 15) is 9.59 Å². The number of benzene rings is 1. The summed E-state index contributed by atoms with van der Waals surface area (Å²) in [5, 5.41) is 3.16. The van der Waals surface area contributed by atoms with E-state index in [4.69, 9.17) is 0 Å². The lowest BCUT2D eigenvalue weighted by Crippen LogP contribution is -2.50. The van der Waals surface area contributed by atoms with Gasteiger partial charge in [-0.15, -0.1) is 0 Å². The fraction of sp³-hybridized carbons (Fsp3) is 0.600. The smallest absolute Gasteiger partial charge is 0.254 e. The number of likely N-dealkylation sites (tertiary alicyclic amines) is 1. The summed E-state index contributed by atoms with van der Waals surface area (Å²) in [6.07, 6.45) is 6.46. The highest BCUT2D eigenvalue weighted by molar-refractivity contribution is 5.98. The summed E-state index contributed by atoms with van der Waals surface area (Å²) in [4.78, 5) is 27.9. The minimum atomic E-state index is -0.293. The molecule has 4 rings (SSSR count). The Morgan fingerprint density at radius 1 is 1.08 bits per heavy atom. The highest BCUT2D eigenvalue weighted by Crippen LogP contribution is 2.41. The largest absolute Gasteiger partial charge is 0.351 e. The maximum atomic E-state index is 13.1. The zero-order chi connectivity index (χ0) is 16.7. The van der Waals surface area contributed by atoms with Gasteiger partial charge < -0.3 is 10.2 Å². The number of amides is 2. The molecule has 1 saturated heterocycles. The summed E-state index contributed by atoms with van der Waals surface area (Å²) in [5.41, 5.74) is 0.696. The van der Waals surface area contributed by atoms with Gasteiger partial charge in [-0.25, -0.2) is 0 Å². The Balaban J connectivity index is 1.58. The molecule has 1 aromatic carbocycles. The molecular weight excluding hydrogens is 300 g/mol. The molecule has 24 heavy (non-hydrogen) atoms. The lowest BCUT2D eigenvalue weighted by atomic mass is 9.84. The Labute approximate surface area is 143 Å². The first-order valence-electron chi connectivity index (χ1n) is 9.33. The van der Waals surface area contributed by atoms with Crippen LogP contribution in [0.2, 0.25) is 0 Å². The fourth-order valence-electron chi connectivity index (χ4n) is 4.52. The van der Waals surface area contributed by atoms with Crippen molar-refractivity contribution in [2.45, 2.75) is 63.6 Å². The van der Waals surface area contributed by atoms with Gasteiger partial charge in [-0.2, -0.15) is 0 Å². The van der Waals surface area contributed by atoms with Crippen LogP contribution in [0.1, 0.15) is 55.8 Å². The maximum absolute atomic E-state index is 13.1. The molecule has 1 heterocycles. The third-order valence-corrected chi connectivity index (χ3v) is 6.08. The molecule has 1 aliphatic heterocycles. The van der Waals surface area contributed by atoms with Gasteiger partial charge in [0.05, 0.1) is 0 Å². The fourth-order valence-corrected chi connectivity index (χ4v) is 4.52. The van der Waals surface area contributed by atoms with Gasteiger partial charge in [0.2, 0.25) is 5.91 Å². The van der Waals surface area contributed by atoms with Crippen LogP contribution in [0, 0.1) is 11.8 Å². The summed E-state index contributed by atoms with van der Waals surface area (Å²) in [6, 6.07) is 9.67. The first-order chi connectivity index (χ1) is 11.6. The van der Waals surface area contributed by atoms with Crippen LogP contribution in [-0.2, 0) is 4.79 Å². The topological polar surface area (TPSA) is 49.4 Å². The van der Waals surface area contributed by atoms with E-state index in [0.29, 0.717) is 23.4 Å². The number of nitrogens with zero attached hydrogens (tertiary/aromatic N) is 1. The molecule has 1 N–H and O–H groups in total. The minimum absolute atomic E-state index is 0.0222. The standard InChI is InChI=1S/C20H26N2O2/c1-13-11-16(13)21-19(23)18-12-15-9-5-6-10-17(15)22(18)20(24)14-7-3-2-4-8-14/h2-4,7-8,13,15-18H,5-6,9-12H2,1H3,(H,21,23). The molecule has 1 aromatic rings. The van der Waals surface area contributed by atoms with E-state index < -0.39 is 0 Å². The van der Waals surface area contributed by atoms with Gasteiger partial charge in [0.1, 0.15) is 6.04 Å². The number of hydrogen-bond acceptors (Lipinski definition) is 2. The molecule has 2 aliphatic carbocycles. The monoisotopic (exact) mass is 326 g/mol. The molecule has 128 valence electrons. The molecule has 5 atom stereocenters. The Bertz CT molecular complexity index is 630. The van der Waals surface area contributed by atoms with Gasteiger partial charge in [0.25, 0.3) is 5.91 Å². The van der Waals surface area contributed by atoms with Gasteiger partial charge in [-0.05, 0) is 49.7 Å². The Hall–Kier alpha value is -1.84. The van der Waals surface area contributed by atoms with E-state index in [2.05, 4.69) is 12.2 Å². The van der Waals surface area contributed by atoms with Crippen molar-refractivity contribution >= 4 is 11.8 Å². The molecule has 0 radical (unpaired) electrons. The summed E-state index contributed by atoms with van der Waals surface area (Å²) in [7, 11) is 0. The zero-order valence-electron chi connectivity index (χ0n) is 14.3. The minimum Gasteiger partial charge on any atom is -0.351 e. The van der Waals surface area contributed by atoms with Crippen LogP contribution in [0.25, 0.3) is 0 Å². The number of carbonyl (C=O) groups is 2. The van der Waals surface area contributed by atoms with Crippen LogP contribution >= 0.6 is 0 Å². The van der Waals surface area contributed by atoms with Gasteiger partial charge in [0.15, 0.2) is 0 Å². The summed E-state index contributed by atoms with van der Waals surface area (Å²) in [5.74, 6) is 1.15. The number of nitrogens with one attached hydrogen (secondary N) is 1. The second kappa shape index (κ2) is 6.23. The second-order valence-corrected chi connectivity index (χ2v) is 7.77. The van der Waals surface area contributed by atoms with Gasteiger partial charge >= 0.3 is 0 Å². The van der Waals surface area contributed by atoms with Crippen molar-refractivity contribution in [3.63, 3.8) is 0 Å². The zero-order valence-corrected chi connectivity index (χ0v) is 14.3. The lowest BCUT2D eigenvalue weighted by molar-refractivity contribution is -0.125. The van der Waals surface area contributed by atoms with Crippen molar-refractivity contribution in [1.29, 1.82) is 0 Å². The highest BCUT2D eigenvalue weighted by Gasteiger charge is 2.48. The van der Waals surface area contributed by atoms with E-state index in [1.165, 1.54) is 6.42 Å². The molecule has 3 fully saturated rings. The van der Waals surface area contributed by atoms with Crippen LogP contribution in [0.4, 0.5) is 0 Å². The van der Waals surface area contributed by atoms with Crippen molar-refractivity contribution in [2.75, 3.05) is 0 Å². The second-order valence-electron chi connectivity index (χ2n) is 7.77. The predicted octanol–water partition coefficient (Wildman–Crippen LogP) is 2.98. The molecule has 2 amide bonds. The molecule has 2 saturated carbocycles. The van der Waals surface area contributed by atoms with Crippen LogP contribution in [0.15, 0.2) is 30.3 Å². The lowest BCUT2D eigenvalue weighted by Gasteiger charge is -2.33. The van der Waals surface area contributed by atoms with E-state index in [1.54, 1.807) is 0 Å². The summed E-state index contributed by atoms with van der Waals surface area (Å²) >= 11 is 0. The molecule has 0 spiro atoms.